The van der Waals surface area contributed by atoms with Crippen molar-refractivity contribution in [2.45, 2.75) is 19.1 Å². The zero-order valence-electron chi connectivity index (χ0n) is 5.85. The van der Waals surface area contributed by atoms with Gasteiger partial charge in [0.1, 0.15) is 0 Å². The van der Waals surface area contributed by atoms with Crippen LogP contribution in [0, 0.1) is 0 Å². The summed E-state index contributed by atoms with van der Waals surface area (Å²) in [6.45, 7) is 1.30. The van der Waals surface area contributed by atoms with Crippen molar-refractivity contribution in [3.05, 3.63) is 0 Å². The topological polar surface area (TPSA) is 81.0 Å². The van der Waals surface area contributed by atoms with Gasteiger partial charge in [-0.15, -0.1) is 0 Å². The fourth-order valence-electron chi connectivity index (χ4n) is 0.678. The molecule has 0 saturated carbocycles. The number of hydrogen-bond acceptors (Lipinski definition) is 4. The fraction of sp³-hybridized carbons (Fsp3) is 0.800. The molecular weight excluding hydrogens is 138 g/mol. The number of hydroxylamine groups is 2. The molecule has 0 heterocycles. The average molecular weight is 149 g/mol. The minimum absolute atomic E-state index is 0.465. The third-order valence-electron chi connectivity index (χ3n) is 1.11. The molecule has 2 atom stereocenters. The quantitative estimate of drug-likeness (QED) is 0.455. The third-order valence-corrected chi connectivity index (χ3v) is 1.11. The molecule has 0 aliphatic carbocycles. The molecule has 0 aromatic heterocycles. The molecule has 3 N–H and O–H groups in total. The number of aliphatic hydroxyl groups excluding tert-OH is 1. The van der Waals surface area contributed by atoms with Crippen LogP contribution in [-0.2, 0) is 4.79 Å². The van der Waals surface area contributed by atoms with E-state index in [2.05, 4.69) is 0 Å². The second kappa shape index (κ2) is 3.50. The standard InChI is InChI=1S/C5H11NO4/c1-3(7)4(5(8)9)6(2)10/h3-4,7,10H,1-2H3,(H,8,9)/t3-,4+/m1/s1. The van der Waals surface area contributed by atoms with Gasteiger partial charge in [-0.25, -0.2) is 0 Å². The van der Waals surface area contributed by atoms with Crippen LogP contribution >= 0.6 is 0 Å². The Bertz CT molecular complexity index is 115. The van der Waals surface area contributed by atoms with Crippen molar-refractivity contribution in [2.75, 3.05) is 7.05 Å². The van der Waals surface area contributed by atoms with E-state index in [9.17, 15) is 4.79 Å². The van der Waals surface area contributed by atoms with E-state index >= 15 is 0 Å². The number of rotatable bonds is 3. The van der Waals surface area contributed by atoms with Crippen LogP contribution in [0.15, 0.2) is 0 Å². The first-order valence-electron chi connectivity index (χ1n) is 2.79. The highest BCUT2D eigenvalue weighted by atomic mass is 16.5. The van der Waals surface area contributed by atoms with Crippen LogP contribution in [0.4, 0.5) is 0 Å². The van der Waals surface area contributed by atoms with Crippen LogP contribution in [0.25, 0.3) is 0 Å². The van der Waals surface area contributed by atoms with Gasteiger partial charge in [-0.1, -0.05) is 0 Å². The van der Waals surface area contributed by atoms with Crippen LogP contribution in [0.5, 0.6) is 0 Å². The maximum Gasteiger partial charge on any atom is 0.325 e. The van der Waals surface area contributed by atoms with Gasteiger partial charge in [-0.05, 0) is 6.92 Å². The lowest BCUT2D eigenvalue weighted by atomic mass is 10.2. The Labute approximate surface area is 58.5 Å². The van der Waals surface area contributed by atoms with Crippen molar-refractivity contribution >= 4 is 5.97 Å². The molecule has 0 aliphatic heterocycles. The van der Waals surface area contributed by atoms with Crippen LogP contribution < -0.4 is 0 Å². The highest BCUT2D eigenvalue weighted by molar-refractivity contribution is 5.73. The average Bonchev–Trinajstić information content (AvgIpc) is 1.59. The first-order valence-corrected chi connectivity index (χ1v) is 2.79. The molecule has 60 valence electrons. The Morgan fingerprint density at radius 3 is 2.00 bits per heavy atom. The molecule has 0 bridgehead atoms. The van der Waals surface area contributed by atoms with Gasteiger partial charge in [0.25, 0.3) is 0 Å². The molecule has 0 aromatic rings. The molecule has 0 saturated heterocycles. The van der Waals surface area contributed by atoms with E-state index in [0.29, 0.717) is 5.06 Å². The first-order chi connectivity index (χ1) is 4.46. The highest BCUT2D eigenvalue weighted by Gasteiger charge is 2.26. The zero-order valence-corrected chi connectivity index (χ0v) is 5.85. The Hall–Kier alpha value is -0.650. The molecule has 0 radical (unpaired) electrons. The third kappa shape index (κ3) is 2.30. The molecule has 0 aliphatic rings. The number of aliphatic carboxylic acids is 1. The van der Waals surface area contributed by atoms with Gasteiger partial charge in [0, 0.05) is 7.05 Å². The van der Waals surface area contributed by atoms with Crippen molar-refractivity contribution < 1.29 is 20.2 Å². The number of likely N-dealkylation sites (N-methyl/N-ethyl adjacent to an activating group) is 1. The predicted molar refractivity (Wildman–Crippen MR) is 32.7 cm³/mol. The monoisotopic (exact) mass is 149 g/mol. The summed E-state index contributed by atoms with van der Waals surface area (Å²) in [7, 11) is 1.17. The first kappa shape index (κ1) is 9.35. The van der Waals surface area contributed by atoms with E-state index in [-0.39, 0.29) is 0 Å². The Morgan fingerprint density at radius 2 is 2.00 bits per heavy atom. The van der Waals surface area contributed by atoms with E-state index in [1.54, 1.807) is 0 Å². The lowest BCUT2D eigenvalue weighted by Gasteiger charge is -2.20. The summed E-state index contributed by atoms with van der Waals surface area (Å²) < 4.78 is 0. The summed E-state index contributed by atoms with van der Waals surface area (Å²) in [4.78, 5) is 10.2. The lowest BCUT2D eigenvalue weighted by Crippen LogP contribution is -2.44. The van der Waals surface area contributed by atoms with Gasteiger partial charge in [0.15, 0.2) is 6.04 Å². The summed E-state index contributed by atoms with van der Waals surface area (Å²) in [6, 6.07) is -1.25. The van der Waals surface area contributed by atoms with E-state index < -0.39 is 18.1 Å². The molecular formula is C5H11NO4. The van der Waals surface area contributed by atoms with Gasteiger partial charge >= 0.3 is 5.97 Å². The highest BCUT2D eigenvalue weighted by Crippen LogP contribution is 1.98. The maximum atomic E-state index is 10.2. The van der Waals surface area contributed by atoms with Crippen molar-refractivity contribution in [3.63, 3.8) is 0 Å². The molecule has 0 aromatic carbocycles. The predicted octanol–water partition coefficient (Wildman–Crippen LogP) is -0.859. The van der Waals surface area contributed by atoms with Gasteiger partial charge in [-0.2, -0.15) is 5.06 Å². The van der Waals surface area contributed by atoms with Crippen molar-refractivity contribution in [3.8, 4) is 0 Å². The van der Waals surface area contributed by atoms with E-state index in [1.807, 2.05) is 0 Å². The summed E-state index contributed by atoms with van der Waals surface area (Å²) in [5.41, 5.74) is 0. The minimum Gasteiger partial charge on any atom is -0.480 e. The summed E-state index contributed by atoms with van der Waals surface area (Å²) in [6.07, 6.45) is -1.09. The van der Waals surface area contributed by atoms with Crippen LogP contribution in [0.3, 0.4) is 0 Å². The largest absolute Gasteiger partial charge is 0.480 e. The van der Waals surface area contributed by atoms with Crippen molar-refractivity contribution in [1.29, 1.82) is 0 Å². The number of carboxylic acid groups (broad SMARTS) is 1. The molecule has 5 nitrogen and oxygen atoms in total. The fourth-order valence-corrected chi connectivity index (χ4v) is 0.678. The SMILES string of the molecule is C[C@@H](O)[C@@H](C(=O)O)N(C)O. The van der Waals surface area contributed by atoms with Crippen LogP contribution in [0.2, 0.25) is 0 Å². The Balaban J connectivity index is 4.12. The van der Waals surface area contributed by atoms with Gasteiger partial charge in [0.2, 0.25) is 0 Å². The molecule has 5 heteroatoms. The van der Waals surface area contributed by atoms with Crippen LogP contribution in [0.1, 0.15) is 6.92 Å². The van der Waals surface area contributed by atoms with Crippen molar-refractivity contribution in [1.82, 2.24) is 5.06 Å². The Morgan fingerprint density at radius 1 is 1.60 bits per heavy atom. The number of hydrogen-bond donors (Lipinski definition) is 3. The normalized spacial score (nSPS) is 16.9. The molecule has 0 spiro atoms. The van der Waals surface area contributed by atoms with E-state index in [4.69, 9.17) is 15.4 Å². The number of nitrogens with zero attached hydrogens (tertiary/aromatic N) is 1. The smallest absolute Gasteiger partial charge is 0.325 e. The molecule has 0 rings (SSSR count). The second-order valence-electron chi connectivity index (χ2n) is 2.10. The number of carboxylic acids is 1. The van der Waals surface area contributed by atoms with Gasteiger partial charge in [0.05, 0.1) is 6.10 Å². The summed E-state index contributed by atoms with van der Waals surface area (Å²) in [5, 5.41) is 26.2. The zero-order chi connectivity index (χ0) is 8.31. The molecule has 0 amide bonds. The van der Waals surface area contributed by atoms with Gasteiger partial charge < -0.3 is 15.4 Å². The van der Waals surface area contributed by atoms with E-state index in [1.165, 1.54) is 14.0 Å². The molecule has 0 unspecified atom stereocenters. The summed E-state index contributed by atoms with van der Waals surface area (Å²) >= 11 is 0. The lowest BCUT2D eigenvalue weighted by molar-refractivity contribution is -0.173. The van der Waals surface area contributed by atoms with Crippen LogP contribution in [-0.4, -0.2) is 45.6 Å². The van der Waals surface area contributed by atoms with E-state index in [0.717, 1.165) is 0 Å². The van der Waals surface area contributed by atoms with Gasteiger partial charge in [-0.3, -0.25) is 4.79 Å². The number of carbonyl (C=O) groups is 1. The number of aliphatic hydroxyl groups is 1. The van der Waals surface area contributed by atoms with Crippen molar-refractivity contribution in [2.24, 2.45) is 0 Å². The second-order valence-corrected chi connectivity index (χ2v) is 2.10. The summed E-state index contributed by atoms with van der Waals surface area (Å²) in [5.74, 6) is -1.25. The molecule has 0 fully saturated rings. The maximum absolute atomic E-state index is 10.2. The molecule has 10 heavy (non-hydrogen) atoms. The Kier molecular flexibility index (Phi) is 3.27. The minimum atomic E-state index is -1.25.